The third-order valence-corrected chi connectivity index (χ3v) is 11.0. The van der Waals surface area contributed by atoms with Gasteiger partial charge in [-0.2, -0.15) is 39.5 Å². The minimum atomic E-state index is -5.02. The maximum Gasteiger partial charge on any atom is 0.416 e. The molecule has 3 aromatic rings. The number of hydrogen-bond donors (Lipinski definition) is 0. The van der Waals surface area contributed by atoms with Gasteiger partial charge in [-0.3, -0.25) is 4.90 Å². The summed E-state index contributed by atoms with van der Waals surface area (Å²) in [5.74, 6) is -1.10. The Morgan fingerprint density at radius 2 is 1.35 bits per heavy atom. The van der Waals surface area contributed by atoms with Crippen molar-refractivity contribution in [1.29, 1.82) is 0 Å². The summed E-state index contributed by atoms with van der Waals surface area (Å²) >= 11 is 0. The lowest BCUT2D eigenvalue weighted by molar-refractivity contribution is -0.161. The van der Waals surface area contributed by atoms with Crippen molar-refractivity contribution < 1.29 is 49.0 Å². The van der Waals surface area contributed by atoms with Crippen LogP contribution in [0.2, 0.25) is 0 Å². The van der Waals surface area contributed by atoms with Crippen molar-refractivity contribution in [2.24, 2.45) is 17.8 Å². The van der Waals surface area contributed by atoms with E-state index in [1.54, 1.807) is 37.3 Å². The summed E-state index contributed by atoms with van der Waals surface area (Å²) in [6, 6.07) is 10.4. The Morgan fingerprint density at radius 1 is 0.759 bits per heavy atom. The van der Waals surface area contributed by atoms with Crippen LogP contribution in [0.5, 0.6) is 11.5 Å². The zero-order chi connectivity index (χ0) is 39.2. The number of nitrogens with zero attached hydrogens (tertiary/aromatic N) is 1. The van der Waals surface area contributed by atoms with Crippen molar-refractivity contribution in [3.63, 3.8) is 0 Å². The molecule has 3 atom stereocenters. The number of allylic oxidation sites excluding steroid dienone is 4. The number of ether oxygens (including phenoxy) is 2. The molecule has 0 N–H and O–H groups in total. The Bertz CT molecular complexity index is 1920. The van der Waals surface area contributed by atoms with E-state index in [2.05, 4.69) is 25.7 Å². The van der Waals surface area contributed by atoms with Gasteiger partial charge in [0.25, 0.3) is 0 Å². The Morgan fingerprint density at radius 3 is 1.89 bits per heavy atom. The van der Waals surface area contributed by atoms with Gasteiger partial charge in [-0.15, -0.1) is 0 Å². The molecule has 12 heteroatoms. The Labute approximate surface area is 309 Å². The topological polar surface area (TPSA) is 21.7 Å². The monoisotopic (exact) mass is 765 g/mol. The van der Waals surface area contributed by atoms with Crippen LogP contribution in [0, 0.1) is 24.7 Å². The minimum Gasteiger partial charge on any atom is -0.493 e. The van der Waals surface area contributed by atoms with Crippen molar-refractivity contribution in [3.8, 4) is 33.8 Å². The molecule has 0 saturated carbocycles. The number of aryl methyl sites for hydroxylation is 1. The van der Waals surface area contributed by atoms with Crippen LogP contribution < -0.4 is 9.47 Å². The lowest BCUT2D eigenvalue weighted by Crippen LogP contribution is -2.31. The maximum atomic E-state index is 14.2. The van der Waals surface area contributed by atoms with E-state index in [4.69, 9.17) is 9.47 Å². The highest BCUT2D eigenvalue weighted by molar-refractivity contribution is 5.91. The predicted octanol–water partition coefficient (Wildman–Crippen LogP) is 12.7. The van der Waals surface area contributed by atoms with E-state index in [9.17, 15) is 39.5 Å². The van der Waals surface area contributed by atoms with Gasteiger partial charge in [-0.25, -0.2) is 0 Å². The number of halogens is 9. The van der Waals surface area contributed by atoms with Crippen LogP contribution >= 0.6 is 0 Å². The molecule has 3 unspecified atom stereocenters. The second-order valence-electron chi connectivity index (χ2n) is 14.8. The highest BCUT2D eigenvalue weighted by Crippen LogP contribution is 2.52. The first-order valence-electron chi connectivity index (χ1n) is 18.4. The molecule has 54 heavy (non-hydrogen) atoms. The van der Waals surface area contributed by atoms with Gasteiger partial charge in [0.15, 0.2) is 0 Å². The zero-order valence-corrected chi connectivity index (χ0v) is 30.7. The third kappa shape index (κ3) is 8.33. The van der Waals surface area contributed by atoms with Gasteiger partial charge in [-0.05, 0) is 107 Å². The highest BCUT2D eigenvalue weighted by atomic mass is 19.4. The van der Waals surface area contributed by atoms with Gasteiger partial charge in [0, 0.05) is 30.8 Å². The number of benzene rings is 3. The summed E-state index contributed by atoms with van der Waals surface area (Å²) in [5, 5.41) is 0. The average Bonchev–Trinajstić information content (AvgIpc) is 3.27. The lowest BCUT2D eigenvalue weighted by Gasteiger charge is -2.31. The molecule has 3 aromatic carbocycles. The third-order valence-electron chi connectivity index (χ3n) is 11.0. The quantitative estimate of drug-likeness (QED) is 0.224. The van der Waals surface area contributed by atoms with Crippen LogP contribution in [-0.4, -0.2) is 37.0 Å². The molecule has 292 valence electrons. The predicted molar refractivity (Wildman–Crippen MR) is 191 cm³/mol. The normalized spacial score (nSPS) is 19.4. The summed E-state index contributed by atoms with van der Waals surface area (Å²) in [4.78, 5) is 2.12. The largest absolute Gasteiger partial charge is 0.493 e. The number of alkyl halides is 9. The average molecular weight is 766 g/mol. The summed E-state index contributed by atoms with van der Waals surface area (Å²) in [7, 11) is 0. The summed E-state index contributed by atoms with van der Waals surface area (Å²) in [6.45, 7) is 9.36. The molecule has 0 saturated heterocycles. The molecule has 3 aliphatic rings. The molecule has 3 nitrogen and oxygen atoms in total. The van der Waals surface area contributed by atoms with Crippen LogP contribution in [0.3, 0.4) is 0 Å². The molecule has 0 bridgehead atoms. The van der Waals surface area contributed by atoms with Crippen LogP contribution in [0.1, 0.15) is 80.7 Å². The van der Waals surface area contributed by atoms with E-state index < -0.39 is 42.0 Å². The van der Waals surface area contributed by atoms with E-state index in [0.717, 1.165) is 31.1 Å². The van der Waals surface area contributed by atoms with Gasteiger partial charge < -0.3 is 9.47 Å². The molecule has 6 rings (SSSR count). The molecular formula is C42H44F9NO2. The summed E-state index contributed by atoms with van der Waals surface area (Å²) < 4.78 is 140. The van der Waals surface area contributed by atoms with E-state index in [1.807, 2.05) is 0 Å². The molecule has 1 aliphatic carbocycles. The fraction of sp³-hybridized carbons (Fsp3) is 0.476. The van der Waals surface area contributed by atoms with Crippen LogP contribution in [-0.2, 0) is 19.3 Å². The smallest absolute Gasteiger partial charge is 0.416 e. The van der Waals surface area contributed by atoms with Crippen LogP contribution in [0.15, 0.2) is 60.2 Å². The van der Waals surface area contributed by atoms with Crippen molar-refractivity contribution in [2.45, 2.75) is 91.4 Å². The Hall–Kier alpha value is -3.93. The van der Waals surface area contributed by atoms with Crippen LogP contribution in [0.25, 0.3) is 27.8 Å². The molecule has 2 aliphatic heterocycles. The van der Waals surface area contributed by atoms with Gasteiger partial charge in [0.2, 0.25) is 0 Å². The van der Waals surface area contributed by atoms with E-state index >= 15 is 0 Å². The van der Waals surface area contributed by atoms with Crippen molar-refractivity contribution >= 4 is 5.57 Å². The summed E-state index contributed by atoms with van der Waals surface area (Å²) in [5.41, 5.74) is 1.33. The van der Waals surface area contributed by atoms with Crippen LogP contribution in [0.4, 0.5) is 39.5 Å². The minimum absolute atomic E-state index is 0.105. The molecule has 2 heterocycles. The summed E-state index contributed by atoms with van der Waals surface area (Å²) in [6.07, 6.45) is -11.2. The second-order valence-corrected chi connectivity index (χ2v) is 14.8. The first-order chi connectivity index (χ1) is 25.4. The molecule has 0 aromatic heterocycles. The molecule has 0 radical (unpaired) electrons. The van der Waals surface area contributed by atoms with Gasteiger partial charge >= 0.3 is 18.5 Å². The van der Waals surface area contributed by atoms with E-state index in [1.165, 1.54) is 0 Å². The number of rotatable bonds is 7. The number of hydrogen-bond acceptors (Lipinski definition) is 3. The van der Waals surface area contributed by atoms with Crippen molar-refractivity contribution in [1.82, 2.24) is 4.90 Å². The molecular weight excluding hydrogens is 721 g/mol. The molecule has 0 amide bonds. The fourth-order valence-electron chi connectivity index (χ4n) is 8.00. The van der Waals surface area contributed by atoms with Crippen molar-refractivity contribution in [3.05, 3.63) is 88.0 Å². The van der Waals surface area contributed by atoms with E-state index in [0.29, 0.717) is 76.4 Å². The van der Waals surface area contributed by atoms with Gasteiger partial charge in [-0.1, -0.05) is 57.9 Å². The fourth-order valence-corrected chi connectivity index (χ4v) is 8.00. The van der Waals surface area contributed by atoms with Crippen molar-refractivity contribution in [2.75, 3.05) is 19.8 Å². The van der Waals surface area contributed by atoms with Gasteiger partial charge in [0.1, 0.15) is 11.5 Å². The SMILES string of the molecule is CCC(C)C(CC)CN1Cc2c(C3=CC(C(F)(F)F)=CC(C(F)(F)F)C3)ccc3c2-c2c(ccc(-c4cc(C)cc(C(F)(F)F)c4)c2C1)OCCCCO3. The maximum absolute atomic E-state index is 14.2. The molecule has 0 fully saturated rings. The zero-order valence-electron chi connectivity index (χ0n) is 30.7. The van der Waals surface area contributed by atoms with E-state index in [-0.39, 0.29) is 48.7 Å². The Kier molecular flexibility index (Phi) is 11.3. The molecule has 0 spiro atoms. The Balaban J connectivity index is 1.68. The highest BCUT2D eigenvalue weighted by Gasteiger charge is 2.45. The standard InChI is InChI=1S/C42H44F9NO2/c1-5-25(4)26(6-2)21-52-22-34-32(27-15-24(3)16-29(17-27)40(43,44)45)9-11-36-38(34)39-35(23-52)33(10-12-37(39)54-14-8-7-13-53-36)28-18-30(41(46,47)48)20-31(19-28)42(49,50)51/h9-12,15-18,20,25-26,31H,5-8,13-14,19,21-23H2,1-4H3. The lowest BCUT2D eigenvalue weighted by atomic mass is 9.81. The second kappa shape index (κ2) is 15.3. The first kappa shape index (κ1) is 39.8. The first-order valence-corrected chi connectivity index (χ1v) is 18.4. The van der Waals surface area contributed by atoms with Gasteiger partial charge in [0.05, 0.1) is 30.3 Å².